The van der Waals surface area contributed by atoms with Crippen molar-refractivity contribution >= 4 is 22.0 Å². The Labute approximate surface area is 166 Å². The summed E-state index contributed by atoms with van der Waals surface area (Å²) in [6.45, 7) is 5.22. The molecule has 2 aliphatic rings. The molecule has 0 saturated carbocycles. The van der Waals surface area contributed by atoms with Gasteiger partial charge in [0.25, 0.3) is 0 Å². The molecule has 3 amide bonds. The number of nitrogens with zero attached hydrogens (tertiary/aromatic N) is 2. The van der Waals surface area contributed by atoms with E-state index < -0.39 is 15.4 Å². The molecule has 3 rings (SSSR count). The second-order valence-electron chi connectivity index (χ2n) is 8.05. The van der Waals surface area contributed by atoms with Crippen molar-refractivity contribution in [2.75, 3.05) is 32.7 Å². The molecule has 0 bridgehead atoms. The molecule has 8 nitrogen and oxygen atoms in total. The first-order valence-electron chi connectivity index (χ1n) is 9.53. The predicted octanol–water partition coefficient (Wildman–Crippen LogP) is 0.758. The quantitative estimate of drug-likeness (QED) is 0.768. The molecule has 1 atom stereocenters. The van der Waals surface area contributed by atoms with Crippen LogP contribution in [0.1, 0.15) is 25.8 Å². The molecule has 0 aromatic heterocycles. The van der Waals surface area contributed by atoms with Crippen molar-refractivity contribution < 1.29 is 18.0 Å². The minimum atomic E-state index is -3.58. The maximum atomic E-state index is 13.1. The number of carbonyl (C=O) groups is 2. The van der Waals surface area contributed by atoms with Crippen LogP contribution in [0.25, 0.3) is 0 Å². The molecule has 2 fully saturated rings. The first-order chi connectivity index (χ1) is 13.2. The van der Waals surface area contributed by atoms with Gasteiger partial charge in [-0.15, -0.1) is 0 Å². The summed E-state index contributed by atoms with van der Waals surface area (Å²) in [6, 6.07) is 8.79. The normalized spacial score (nSPS) is 23.7. The minimum Gasteiger partial charge on any atom is -0.355 e. The second kappa shape index (κ2) is 8.08. The molecule has 0 radical (unpaired) electrons. The standard InChI is InChI=1S/C19H28N4O4S/c1-15(2)21-18(25)22-8-9-23(14-19(13-22)10-17(24)20-12-19)28(26,27)11-16-6-4-3-5-7-16/h3-7,15H,8-14H2,1-2H3,(H,20,24)(H,21,25)/t19-/m1/s1. The molecule has 1 spiro atoms. The van der Waals surface area contributed by atoms with Crippen LogP contribution in [-0.4, -0.2) is 68.3 Å². The van der Waals surface area contributed by atoms with Crippen LogP contribution in [0.4, 0.5) is 4.79 Å². The Morgan fingerprint density at radius 1 is 1.21 bits per heavy atom. The lowest BCUT2D eigenvalue weighted by Gasteiger charge is -2.32. The van der Waals surface area contributed by atoms with E-state index in [9.17, 15) is 18.0 Å². The molecule has 2 aliphatic heterocycles. The molecule has 0 unspecified atom stereocenters. The van der Waals surface area contributed by atoms with Gasteiger partial charge in [0.05, 0.1) is 5.75 Å². The van der Waals surface area contributed by atoms with E-state index in [1.54, 1.807) is 17.0 Å². The van der Waals surface area contributed by atoms with Gasteiger partial charge in [-0.25, -0.2) is 13.2 Å². The monoisotopic (exact) mass is 408 g/mol. The van der Waals surface area contributed by atoms with Crippen molar-refractivity contribution in [3.63, 3.8) is 0 Å². The third kappa shape index (κ3) is 4.82. The van der Waals surface area contributed by atoms with Gasteiger partial charge in [-0.2, -0.15) is 4.31 Å². The molecule has 2 saturated heterocycles. The van der Waals surface area contributed by atoms with Gasteiger partial charge in [-0.3, -0.25) is 4.79 Å². The molecule has 1 aromatic carbocycles. The molecule has 2 heterocycles. The highest BCUT2D eigenvalue weighted by Crippen LogP contribution is 2.32. The van der Waals surface area contributed by atoms with E-state index in [1.165, 1.54) is 4.31 Å². The second-order valence-corrected chi connectivity index (χ2v) is 10.0. The molecule has 2 N–H and O–H groups in total. The fourth-order valence-corrected chi connectivity index (χ4v) is 5.45. The van der Waals surface area contributed by atoms with E-state index in [0.29, 0.717) is 19.6 Å². The van der Waals surface area contributed by atoms with Crippen LogP contribution in [0.5, 0.6) is 0 Å². The minimum absolute atomic E-state index is 0.0204. The van der Waals surface area contributed by atoms with Gasteiger partial charge in [-0.05, 0) is 19.4 Å². The van der Waals surface area contributed by atoms with E-state index >= 15 is 0 Å². The predicted molar refractivity (Wildman–Crippen MR) is 106 cm³/mol. The Hall–Kier alpha value is -2.13. The van der Waals surface area contributed by atoms with E-state index in [-0.39, 0.29) is 43.2 Å². The lowest BCUT2D eigenvalue weighted by molar-refractivity contribution is -0.119. The van der Waals surface area contributed by atoms with Crippen molar-refractivity contribution in [1.29, 1.82) is 0 Å². The van der Waals surface area contributed by atoms with Gasteiger partial charge in [0, 0.05) is 50.6 Å². The van der Waals surface area contributed by atoms with E-state index in [2.05, 4.69) is 10.6 Å². The summed E-state index contributed by atoms with van der Waals surface area (Å²) in [5.41, 5.74) is 0.113. The van der Waals surface area contributed by atoms with Crippen LogP contribution in [0.2, 0.25) is 0 Å². The van der Waals surface area contributed by atoms with Gasteiger partial charge >= 0.3 is 6.03 Å². The molecular formula is C19H28N4O4S. The van der Waals surface area contributed by atoms with Crippen LogP contribution in [0.15, 0.2) is 30.3 Å². The number of nitrogens with one attached hydrogen (secondary N) is 2. The number of rotatable bonds is 4. The zero-order valence-electron chi connectivity index (χ0n) is 16.3. The molecule has 154 valence electrons. The number of sulfonamides is 1. The third-order valence-corrected chi connectivity index (χ3v) is 6.93. The first-order valence-corrected chi connectivity index (χ1v) is 11.1. The smallest absolute Gasteiger partial charge is 0.317 e. The number of hydrogen-bond donors (Lipinski definition) is 2. The van der Waals surface area contributed by atoms with Gasteiger partial charge in [-0.1, -0.05) is 30.3 Å². The van der Waals surface area contributed by atoms with E-state index in [0.717, 1.165) is 5.56 Å². The highest BCUT2D eigenvalue weighted by Gasteiger charge is 2.46. The molecule has 0 aliphatic carbocycles. The van der Waals surface area contributed by atoms with Crippen LogP contribution in [0, 0.1) is 5.41 Å². The number of carbonyl (C=O) groups excluding carboxylic acids is 2. The Kier molecular flexibility index (Phi) is 5.95. The molecular weight excluding hydrogens is 380 g/mol. The van der Waals surface area contributed by atoms with Gasteiger partial charge in [0.2, 0.25) is 15.9 Å². The topological polar surface area (TPSA) is 98.8 Å². The zero-order valence-corrected chi connectivity index (χ0v) is 17.2. The summed E-state index contributed by atoms with van der Waals surface area (Å²) >= 11 is 0. The largest absolute Gasteiger partial charge is 0.355 e. The number of hydrogen-bond acceptors (Lipinski definition) is 4. The number of benzene rings is 1. The maximum absolute atomic E-state index is 13.1. The van der Waals surface area contributed by atoms with Gasteiger partial charge in [0.15, 0.2) is 0 Å². The third-order valence-electron chi connectivity index (χ3n) is 5.14. The summed E-state index contributed by atoms with van der Waals surface area (Å²) < 4.78 is 27.6. The highest BCUT2D eigenvalue weighted by molar-refractivity contribution is 7.88. The Bertz CT molecular complexity index is 828. The average molecular weight is 409 g/mol. The summed E-state index contributed by atoms with van der Waals surface area (Å²) in [5, 5.41) is 5.68. The summed E-state index contributed by atoms with van der Waals surface area (Å²) in [4.78, 5) is 26.1. The molecule has 9 heteroatoms. The zero-order chi connectivity index (χ0) is 20.4. The van der Waals surface area contributed by atoms with Crippen LogP contribution in [-0.2, 0) is 20.6 Å². The van der Waals surface area contributed by atoms with Gasteiger partial charge < -0.3 is 15.5 Å². The SMILES string of the molecule is CC(C)NC(=O)N1CCN(S(=O)(=O)Cc2ccccc2)C[C@]2(CNC(=O)C2)C1. The van der Waals surface area contributed by atoms with Crippen molar-refractivity contribution in [3.05, 3.63) is 35.9 Å². The van der Waals surface area contributed by atoms with Gasteiger partial charge in [0.1, 0.15) is 0 Å². The van der Waals surface area contributed by atoms with E-state index in [1.807, 2.05) is 32.0 Å². The van der Waals surface area contributed by atoms with E-state index in [4.69, 9.17) is 0 Å². The number of urea groups is 1. The summed E-state index contributed by atoms with van der Waals surface area (Å²) in [6.07, 6.45) is 0.218. The molecule has 28 heavy (non-hydrogen) atoms. The highest BCUT2D eigenvalue weighted by atomic mass is 32.2. The van der Waals surface area contributed by atoms with Crippen molar-refractivity contribution in [3.8, 4) is 0 Å². The summed E-state index contributed by atoms with van der Waals surface area (Å²) in [7, 11) is -3.58. The fraction of sp³-hybridized carbons (Fsp3) is 0.579. The van der Waals surface area contributed by atoms with Crippen molar-refractivity contribution in [1.82, 2.24) is 19.8 Å². The lowest BCUT2D eigenvalue weighted by atomic mass is 9.86. The van der Waals surface area contributed by atoms with Crippen LogP contribution < -0.4 is 10.6 Å². The lowest BCUT2D eigenvalue weighted by Crippen LogP contribution is -2.48. The Morgan fingerprint density at radius 3 is 2.54 bits per heavy atom. The number of amides is 3. The first kappa shape index (κ1) is 20.6. The van der Waals surface area contributed by atoms with Crippen LogP contribution in [0.3, 0.4) is 0 Å². The van der Waals surface area contributed by atoms with Crippen LogP contribution >= 0.6 is 0 Å². The van der Waals surface area contributed by atoms with Crippen molar-refractivity contribution in [2.24, 2.45) is 5.41 Å². The average Bonchev–Trinajstić information content (AvgIpc) is 2.85. The Balaban J connectivity index is 1.83. The fourth-order valence-electron chi connectivity index (χ4n) is 3.82. The van der Waals surface area contributed by atoms with Crippen molar-refractivity contribution in [2.45, 2.75) is 32.1 Å². The maximum Gasteiger partial charge on any atom is 0.317 e. The molecule has 1 aromatic rings. The summed E-state index contributed by atoms with van der Waals surface area (Å²) in [5.74, 6) is -0.199. The Morgan fingerprint density at radius 2 is 1.93 bits per heavy atom.